The number of amides is 1. The summed E-state index contributed by atoms with van der Waals surface area (Å²) in [6, 6.07) is -0.644. The molecule has 0 bridgehead atoms. The number of primary amides is 1. The summed E-state index contributed by atoms with van der Waals surface area (Å²) in [6.07, 6.45) is 0. The van der Waals surface area contributed by atoms with E-state index in [2.05, 4.69) is 5.32 Å². The second-order valence-corrected chi connectivity index (χ2v) is 3.53. The maximum absolute atomic E-state index is 10.6. The standard InChI is InChI=1S/C7H16N2O2/c1-7(2,3)9-5(4-10)6(8)11/h5,9-10H,4H2,1-3H3,(H2,8,11)/t5-/m0/s1. The molecule has 0 aromatic rings. The lowest BCUT2D eigenvalue weighted by molar-refractivity contribution is -0.121. The molecular formula is C7H16N2O2. The minimum atomic E-state index is -0.644. The van der Waals surface area contributed by atoms with Crippen LogP contribution in [0.25, 0.3) is 0 Å². The van der Waals surface area contributed by atoms with Gasteiger partial charge in [0.1, 0.15) is 6.04 Å². The highest BCUT2D eigenvalue weighted by atomic mass is 16.3. The summed E-state index contributed by atoms with van der Waals surface area (Å²) >= 11 is 0. The van der Waals surface area contributed by atoms with Crippen molar-refractivity contribution in [1.29, 1.82) is 0 Å². The van der Waals surface area contributed by atoms with Gasteiger partial charge in [-0.15, -0.1) is 0 Å². The number of carbonyl (C=O) groups excluding carboxylic acids is 1. The normalized spacial score (nSPS) is 14.5. The Labute approximate surface area is 66.8 Å². The van der Waals surface area contributed by atoms with Gasteiger partial charge in [0.25, 0.3) is 0 Å². The lowest BCUT2D eigenvalue weighted by Gasteiger charge is -2.25. The van der Waals surface area contributed by atoms with Gasteiger partial charge in [0.2, 0.25) is 5.91 Å². The minimum Gasteiger partial charge on any atom is -0.394 e. The zero-order valence-electron chi connectivity index (χ0n) is 7.22. The van der Waals surface area contributed by atoms with E-state index in [4.69, 9.17) is 10.8 Å². The molecule has 0 aliphatic carbocycles. The van der Waals surface area contributed by atoms with Crippen molar-refractivity contribution in [2.45, 2.75) is 32.4 Å². The second-order valence-electron chi connectivity index (χ2n) is 3.53. The van der Waals surface area contributed by atoms with Crippen molar-refractivity contribution in [3.8, 4) is 0 Å². The number of hydrogen-bond acceptors (Lipinski definition) is 3. The SMILES string of the molecule is CC(C)(C)N[C@@H](CO)C(N)=O. The van der Waals surface area contributed by atoms with Crippen LogP contribution in [0.5, 0.6) is 0 Å². The van der Waals surface area contributed by atoms with Crippen molar-refractivity contribution in [3.63, 3.8) is 0 Å². The molecule has 0 fully saturated rings. The summed E-state index contributed by atoms with van der Waals surface area (Å²) in [5.74, 6) is -0.526. The van der Waals surface area contributed by atoms with Crippen molar-refractivity contribution in [1.82, 2.24) is 5.32 Å². The highest BCUT2D eigenvalue weighted by Gasteiger charge is 2.20. The molecule has 0 radical (unpaired) electrons. The Morgan fingerprint density at radius 2 is 2.09 bits per heavy atom. The average Bonchev–Trinajstić information content (AvgIpc) is 1.80. The number of nitrogens with two attached hydrogens (primary N) is 1. The van der Waals surface area contributed by atoms with Gasteiger partial charge in [0.05, 0.1) is 6.61 Å². The number of aliphatic hydroxyl groups is 1. The molecule has 0 saturated carbocycles. The summed E-state index contributed by atoms with van der Waals surface area (Å²) in [7, 11) is 0. The third-order valence-electron chi connectivity index (χ3n) is 1.13. The fourth-order valence-electron chi connectivity index (χ4n) is 0.729. The van der Waals surface area contributed by atoms with E-state index in [0.717, 1.165) is 0 Å². The van der Waals surface area contributed by atoms with Crippen LogP contribution in [-0.2, 0) is 4.79 Å². The highest BCUT2D eigenvalue weighted by molar-refractivity contribution is 5.80. The van der Waals surface area contributed by atoms with Crippen molar-refractivity contribution < 1.29 is 9.90 Å². The quantitative estimate of drug-likeness (QED) is 0.507. The summed E-state index contributed by atoms with van der Waals surface area (Å²) < 4.78 is 0. The van der Waals surface area contributed by atoms with Gasteiger partial charge in [0, 0.05) is 5.54 Å². The van der Waals surface area contributed by atoms with E-state index >= 15 is 0 Å². The molecule has 11 heavy (non-hydrogen) atoms. The van der Waals surface area contributed by atoms with Crippen LogP contribution in [0.3, 0.4) is 0 Å². The van der Waals surface area contributed by atoms with Crippen LogP contribution in [0.15, 0.2) is 0 Å². The zero-order chi connectivity index (χ0) is 9.07. The number of rotatable bonds is 3. The van der Waals surface area contributed by atoms with Crippen molar-refractivity contribution >= 4 is 5.91 Å². The van der Waals surface area contributed by atoms with E-state index < -0.39 is 11.9 Å². The fourth-order valence-corrected chi connectivity index (χ4v) is 0.729. The summed E-state index contributed by atoms with van der Waals surface area (Å²) in [5, 5.41) is 11.6. The topological polar surface area (TPSA) is 75.3 Å². The molecule has 1 atom stereocenters. The number of hydrogen-bond donors (Lipinski definition) is 3. The summed E-state index contributed by atoms with van der Waals surface area (Å²) in [4.78, 5) is 10.6. The first-order chi connectivity index (χ1) is 4.87. The zero-order valence-corrected chi connectivity index (χ0v) is 7.22. The van der Waals surface area contributed by atoms with Gasteiger partial charge in [-0.2, -0.15) is 0 Å². The van der Waals surface area contributed by atoms with Gasteiger partial charge < -0.3 is 10.8 Å². The van der Waals surface area contributed by atoms with Crippen molar-refractivity contribution in [2.24, 2.45) is 5.73 Å². The molecule has 4 heteroatoms. The first-order valence-corrected chi connectivity index (χ1v) is 3.54. The van der Waals surface area contributed by atoms with E-state index in [1.54, 1.807) is 0 Å². The van der Waals surface area contributed by atoms with Crippen molar-refractivity contribution in [2.75, 3.05) is 6.61 Å². The molecular weight excluding hydrogens is 144 g/mol. The van der Waals surface area contributed by atoms with Gasteiger partial charge >= 0.3 is 0 Å². The number of nitrogens with one attached hydrogen (secondary N) is 1. The third kappa shape index (κ3) is 4.75. The first kappa shape index (κ1) is 10.4. The molecule has 1 amide bonds. The maximum atomic E-state index is 10.6. The molecule has 0 aromatic carbocycles. The molecule has 4 N–H and O–H groups in total. The Balaban J connectivity index is 3.99. The van der Waals surface area contributed by atoms with E-state index in [-0.39, 0.29) is 12.1 Å². The molecule has 0 rings (SSSR count). The number of aliphatic hydroxyl groups excluding tert-OH is 1. The molecule has 4 nitrogen and oxygen atoms in total. The number of carbonyl (C=O) groups is 1. The lowest BCUT2D eigenvalue weighted by Crippen LogP contribution is -2.52. The van der Waals surface area contributed by atoms with Crippen LogP contribution in [0.2, 0.25) is 0 Å². The minimum absolute atomic E-state index is 0.206. The third-order valence-corrected chi connectivity index (χ3v) is 1.13. The van der Waals surface area contributed by atoms with Crippen LogP contribution in [0, 0.1) is 0 Å². The van der Waals surface area contributed by atoms with Crippen LogP contribution in [0.1, 0.15) is 20.8 Å². The Morgan fingerprint density at radius 1 is 1.64 bits per heavy atom. The average molecular weight is 160 g/mol. The molecule has 0 aliphatic rings. The Kier molecular flexibility index (Phi) is 3.48. The van der Waals surface area contributed by atoms with E-state index in [1.807, 2.05) is 20.8 Å². The monoisotopic (exact) mass is 160 g/mol. The second kappa shape index (κ2) is 3.69. The molecule has 0 aliphatic heterocycles. The lowest BCUT2D eigenvalue weighted by atomic mass is 10.1. The highest BCUT2D eigenvalue weighted by Crippen LogP contribution is 2.00. The molecule has 0 heterocycles. The van der Waals surface area contributed by atoms with E-state index in [0.29, 0.717) is 0 Å². The van der Waals surface area contributed by atoms with Crippen LogP contribution in [0.4, 0.5) is 0 Å². The Hall–Kier alpha value is -0.610. The predicted molar refractivity (Wildman–Crippen MR) is 43.0 cm³/mol. The first-order valence-electron chi connectivity index (χ1n) is 3.54. The summed E-state index contributed by atoms with van der Waals surface area (Å²) in [5.41, 5.74) is 4.79. The van der Waals surface area contributed by atoms with Gasteiger partial charge in [-0.3, -0.25) is 10.1 Å². The summed E-state index contributed by atoms with van der Waals surface area (Å²) in [6.45, 7) is 5.45. The van der Waals surface area contributed by atoms with Crippen molar-refractivity contribution in [3.05, 3.63) is 0 Å². The fraction of sp³-hybridized carbons (Fsp3) is 0.857. The molecule has 66 valence electrons. The van der Waals surface area contributed by atoms with Gasteiger partial charge in [-0.25, -0.2) is 0 Å². The largest absolute Gasteiger partial charge is 0.394 e. The molecule has 0 spiro atoms. The maximum Gasteiger partial charge on any atom is 0.236 e. The Bertz CT molecular complexity index is 140. The van der Waals surface area contributed by atoms with E-state index in [1.165, 1.54) is 0 Å². The van der Waals surface area contributed by atoms with Gasteiger partial charge in [-0.1, -0.05) is 0 Å². The smallest absolute Gasteiger partial charge is 0.236 e. The van der Waals surface area contributed by atoms with Crippen LogP contribution >= 0.6 is 0 Å². The van der Waals surface area contributed by atoms with Gasteiger partial charge in [-0.05, 0) is 20.8 Å². The van der Waals surface area contributed by atoms with E-state index in [9.17, 15) is 4.79 Å². The van der Waals surface area contributed by atoms with Gasteiger partial charge in [0.15, 0.2) is 0 Å². The molecule has 0 aromatic heterocycles. The Morgan fingerprint density at radius 3 is 2.18 bits per heavy atom. The molecule has 0 unspecified atom stereocenters. The molecule has 0 saturated heterocycles. The predicted octanol–water partition coefficient (Wildman–Crippen LogP) is -0.779. The van der Waals surface area contributed by atoms with Crippen LogP contribution < -0.4 is 11.1 Å². The van der Waals surface area contributed by atoms with Crippen LogP contribution in [-0.4, -0.2) is 29.2 Å².